The van der Waals surface area contributed by atoms with E-state index in [9.17, 15) is 0 Å². The Kier molecular flexibility index (Phi) is 4.85. The molecule has 0 aliphatic carbocycles. The van der Waals surface area contributed by atoms with Crippen molar-refractivity contribution in [1.82, 2.24) is 0 Å². The minimum Gasteiger partial charge on any atom is -0.330 e. The van der Waals surface area contributed by atoms with Crippen molar-refractivity contribution in [3.05, 3.63) is 0 Å². The second-order valence-electron chi connectivity index (χ2n) is 6.90. The van der Waals surface area contributed by atoms with Gasteiger partial charge in [0.1, 0.15) is 0 Å². The Hall–Kier alpha value is -0.0400. The zero-order chi connectivity index (χ0) is 12.4. The van der Waals surface area contributed by atoms with Crippen molar-refractivity contribution in [1.29, 1.82) is 0 Å². The van der Waals surface area contributed by atoms with Crippen LogP contribution in [-0.2, 0) is 0 Å². The standard InChI is InChI=1S/C14H31N/c1-10(2)12(9-15)11(3)14(7,8)13(4,5)6/h10-12H,9,15H2,1-8H3. The zero-order valence-electron chi connectivity index (χ0n) is 12.0. The summed E-state index contributed by atoms with van der Waals surface area (Å²) in [4.78, 5) is 0. The molecule has 1 heteroatoms. The maximum atomic E-state index is 5.91. The summed E-state index contributed by atoms with van der Waals surface area (Å²) in [7, 11) is 0. The van der Waals surface area contributed by atoms with Crippen molar-refractivity contribution < 1.29 is 0 Å². The molecular weight excluding hydrogens is 182 g/mol. The van der Waals surface area contributed by atoms with Crippen LogP contribution in [0.2, 0.25) is 0 Å². The van der Waals surface area contributed by atoms with E-state index in [2.05, 4.69) is 55.4 Å². The number of rotatable bonds is 4. The predicted molar refractivity (Wildman–Crippen MR) is 69.8 cm³/mol. The summed E-state index contributed by atoms with van der Waals surface area (Å²) < 4.78 is 0. The van der Waals surface area contributed by atoms with Crippen LogP contribution in [0.3, 0.4) is 0 Å². The summed E-state index contributed by atoms with van der Waals surface area (Å²) >= 11 is 0. The molecule has 0 saturated carbocycles. The molecule has 0 radical (unpaired) electrons. The quantitative estimate of drug-likeness (QED) is 0.752. The van der Waals surface area contributed by atoms with Crippen LogP contribution in [0.5, 0.6) is 0 Å². The lowest BCUT2D eigenvalue weighted by Gasteiger charge is -2.47. The van der Waals surface area contributed by atoms with Crippen LogP contribution in [0.15, 0.2) is 0 Å². The van der Waals surface area contributed by atoms with E-state index < -0.39 is 0 Å². The van der Waals surface area contributed by atoms with Gasteiger partial charge in [-0.2, -0.15) is 0 Å². The molecule has 0 aromatic carbocycles. The van der Waals surface area contributed by atoms with E-state index in [-0.39, 0.29) is 0 Å². The number of hydrogen-bond donors (Lipinski definition) is 1. The van der Waals surface area contributed by atoms with Crippen LogP contribution in [0, 0.1) is 28.6 Å². The lowest BCUT2D eigenvalue weighted by Crippen LogP contribution is -2.42. The van der Waals surface area contributed by atoms with Gasteiger partial charge in [-0.15, -0.1) is 0 Å². The number of hydrogen-bond acceptors (Lipinski definition) is 1. The first-order chi connectivity index (χ1) is 6.55. The minimum atomic E-state index is 0.321. The smallest absolute Gasteiger partial charge is 0.00437 e. The molecule has 1 nitrogen and oxygen atoms in total. The summed E-state index contributed by atoms with van der Waals surface area (Å²) in [5.74, 6) is 1.95. The first-order valence-electron chi connectivity index (χ1n) is 6.25. The van der Waals surface area contributed by atoms with Crippen LogP contribution in [0.1, 0.15) is 55.4 Å². The van der Waals surface area contributed by atoms with Crippen molar-refractivity contribution in [2.45, 2.75) is 55.4 Å². The van der Waals surface area contributed by atoms with E-state index >= 15 is 0 Å². The van der Waals surface area contributed by atoms with Crippen LogP contribution >= 0.6 is 0 Å². The summed E-state index contributed by atoms with van der Waals surface area (Å²) in [6.07, 6.45) is 0. The molecular formula is C14H31N. The molecule has 2 N–H and O–H groups in total. The van der Waals surface area contributed by atoms with Gasteiger partial charge < -0.3 is 5.73 Å². The molecule has 0 aromatic rings. The van der Waals surface area contributed by atoms with E-state index in [1.807, 2.05) is 0 Å². The Bertz CT molecular complexity index is 186. The van der Waals surface area contributed by atoms with Gasteiger partial charge in [0.15, 0.2) is 0 Å². The van der Waals surface area contributed by atoms with Crippen LogP contribution < -0.4 is 5.73 Å². The fraction of sp³-hybridized carbons (Fsp3) is 1.00. The van der Waals surface area contributed by atoms with Crippen LogP contribution in [0.4, 0.5) is 0 Å². The van der Waals surface area contributed by atoms with E-state index in [4.69, 9.17) is 5.73 Å². The van der Waals surface area contributed by atoms with Crippen molar-refractivity contribution >= 4 is 0 Å². The van der Waals surface area contributed by atoms with Crippen molar-refractivity contribution in [3.8, 4) is 0 Å². The fourth-order valence-corrected chi connectivity index (χ4v) is 2.27. The second kappa shape index (κ2) is 4.86. The molecule has 0 spiro atoms. The van der Waals surface area contributed by atoms with Crippen LogP contribution in [0.25, 0.3) is 0 Å². The zero-order valence-corrected chi connectivity index (χ0v) is 12.0. The summed E-state index contributed by atoms with van der Waals surface area (Å²) in [5.41, 5.74) is 6.56. The highest BCUT2D eigenvalue weighted by Gasteiger charge is 2.41. The molecule has 0 aliphatic rings. The van der Waals surface area contributed by atoms with Gasteiger partial charge in [0.2, 0.25) is 0 Å². The molecule has 0 aliphatic heterocycles. The van der Waals surface area contributed by atoms with Gasteiger partial charge in [-0.1, -0.05) is 55.4 Å². The average Bonchev–Trinajstić information content (AvgIpc) is 2.02. The Morgan fingerprint density at radius 2 is 1.33 bits per heavy atom. The van der Waals surface area contributed by atoms with Crippen molar-refractivity contribution in [2.24, 2.45) is 34.3 Å². The van der Waals surface area contributed by atoms with E-state index in [1.165, 1.54) is 0 Å². The monoisotopic (exact) mass is 213 g/mol. The lowest BCUT2D eigenvalue weighted by molar-refractivity contribution is 0.0190. The predicted octanol–water partition coefficient (Wildman–Crippen LogP) is 3.93. The van der Waals surface area contributed by atoms with Gasteiger partial charge in [-0.25, -0.2) is 0 Å². The van der Waals surface area contributed by atoms with E-state index in [0.29, 0.717) is 28.6 Å². The van der Waals surface area contributed by atoms with Crippen LogP contribution in [-0.4, -0.2) is 6.54 Å². The fourth-order valence-electron chi connectivity index (χ4n) is 2.27. The molecule has 0 bridgehead atoms. The van der Waals surface area contributed by atoms with Gasteiger partial charge in [-0.05, 0) is 35.1 Å². The van der Waals surface area contributed by atoms with Crippen molar-refractivity contribution in [2.75, 3.05) is 6.54 Å². The molecule has 0 amide bonds. The lowest BCUT2D eigenvalue weighted by atomic mass is 9.58. The minimum absolute atomic E-state index is 0.321. The highest BCUT2D eigenvalue weighted by molar-refractivity contribution is 4.90. The average molecular weight is 213 g/mol. The van der Waals surface area contributed by atoms with E-state index in [1.54, 1.807) is 0 Å². The Labute approximate surface area is 96.8 Å². The largest absolute Gasteiger partial charge is 0.330 e. The molecule has 0 saturated heterocycles. The first-order valence-corrected chi connectivity index (χ1v) is 6.25. The highest BCUT2D eigenvalue weighted by atomic mass is 14.6. The third-order valence-corrected chi connectivity index (χ3v) is 4.84. The highest BCUT2D eigenvalue weighted by Crippen LogP contribution is 2.47. The molecule has 92 valence electrons. The van der Waals surface area contributed by atoms with Gasteiger partial charge in [0.05, 0.1) is 0 Å². The van der Waals surface area contributed by atoms with Crippen molar-refractivity contribution in [3.63, 3.8) is 0 Å². The van der Waals surface area contributed by atoms with Gasteiger partial charge in [0.25, 0.3) is 0 Å². The summed E-state index contributed by atoms with van der Waals surface area (Å²) in [5, 5.41) is 0. The maximum absolute atomic E-state index is 5.91. The van der Waals surface area contributed by atoms with Gasteiger partial charge in [0, 0.05) is 0 Å². The molecule has 0 rings (SSSR count). The number of nitrogens with two attached hydrogens (primary N) is 1. The summed E-state index contributed by atoms with van der Waals surface area (Å²) in [6.45, 7) is 19.5. The third kappa shape index (κ3) is 3.21. The molecule has 0 fully saturated rings. The second-order valence-corrected chi connectivity index (χ2v) is 6.90. The Morgan fingerprint density at radius 3 is 1.53 bits per heavy atom. The normalized spacial score (nSPS) is 18.0. The van der Waals surface area contributed by atoms with E-state index in [0.717, 1.165) is 6.54 Å². The van der Waals surface area contributed by atoms with Gasteiger partial charge >= 0.3 is 0 Å². The molecule has 15 heavy (non-hydrogen) atoms. The third-order valence-electron chi connectivity index (χ3n) is 4.84. The Balaban J connectivity index is 4.89. The molecule has 2 unspecified atom stereocenters. The SMILES string of the molecule is CC(C)C(CN)C(C)C(C)(C)C(C)(C)C. The maximum Gasteiger partial charge on any atom is -0.00437 e. The molecule has 0 heterocycles. The summed E-state index contributed by atoms with van der Waals surface area (Å²) in [6, 6.07) is 0. The first kappa shape index (κ1) is 15.0. The van der Waals surface area contributed by atoms with Gasteiger partial charge in [-0.3, -0.25) is 0 Å². The molecule has 2 atom stereocenters. The topological polar surface area (TPSA) is 26.0 Å². The molecule has 0 aromatic heterocycles. The Morgan fingerprint density at radius 1 is 0.933 bits per heavy atom.